The van der Waals surface area contributed by atoms with E-state index in [0.29, 0.717) is 23.0 Å². The topological polar surface area (TPSA) is 91.0 Å². The van der Waals surface area contributed by atoms with Gasteiger partial charge in [0.25, 0.3) is 0 Å². The molecule has 0 spiro atoms. The molecule has 0 aliphatic carbocycles. The van der Waals surface area contributed by atoms with Crippen LogP contribution in [0.3, 0.4) is 0 Å². The largest absolute Gasteiger partial charge is 0.435 e. The number of rotatable bonds is 5. The molecule has 2 aromatic heterocycles. The minimum absolute atomic E-state index is 0.164. The number of nitrogens with one attached hydrogen (secondary N) is 1. The number of ether oxygens (including phenoxy) is 1. The molecule has 10 heteroatoms. The first-order valence-electron chi connectivity index (χ1n) is 9.55. The summed E-state index contributed by atoms with van der Waals surface area (Å²) in [6.45, 7) is 0.453. The summed E-state index contributed by atoms with van der Waals surface area (Å²) in [5.74, 6) is 0.862. The fourth-order valence-electron chi connectivity index (χ4n) is 3.29. The van der Waals surface area contributed by atoms with Gasteiger partial charge in [-0.25, -0.2) is 14.5 Å². The quantitative estimate of drug-likeness (QED) is 0.639. The summed E-state index contributed by atoms with van der Waals surface area (Å²) in [6, 6.07) is 8.38. The normalized spacial score (nSPS) is 13.4. The zero-order chi connectivity index (χ0) is 21.1. The van der Waals surface area contributed by atoms with Crippen molar-refractivity contribution < 1.29 is 9.53 Å². The van der Waals surface area contributed by atoms with Crippen molar-refractivity contribution in [3.63, 3.8) is 0 Å². The highest BCUT2D eigenvalue weighted by Crippen LogP contribution is 2.33. The van der Waals surface area contributed by atoms with Crippen LogP contribution in [0, 0.1) is 0 Å². The van der Waals surface area contributed by atoms with E-state index in [1.165, 1.54) is 16.9 Å². The molecule has 3 aromatic rings. The van der Waals surface area contributed by atoms with E-state index < -0.39 is 5.91 Å². The molecule has 0 saturated carbocycles. The SMILES string of the molecule is O=C(Cn1nc2n(c1=O)CCCCC2)Nc1ccccc1Oc1ncc(Cl)cc1Cl. The number of carbonyl (C=O) groups excluding carboxylic acids is 1. The standard InChI is InChI=1S/C20H19Cl2N5O3/c21-13-10-14(22)19(23-11-13)30-16-7-4-3-6-15(16)24-18(28)12-27-20(29)26-9-5-1-2-8-17(26)25-27/h3-4,6-7,10-11H,1-2,5,8-9,12H2,(H,24,28). The lowest BCUT2D eigenvalue weighted by Gasteiger charge is -2.12. The van der Waals surface area contributed by atoms with Gasteiger partial charge in [-0.3, -0.25) is 9.36 Å². The molecule has 0 saturated heterocycles. The molecule has 1 amide bonds. The van der Waals surface area contributed by atoms with Gasteiger partial charge in [-0.05, 0) is 31.0 Å². The maximum absolute atomic E-state index is 12.6. The number of hydrogen-bond donors (Lipinski definition) is 1. The van der Waals surface area contributed by atoms with Crippen LogP contribution in [0.1, 0.15) is 25.1 Å². The van der Waals surface area contributed by atoms with Crippen molar-refractivity contribution in [1.82, 2.24) is 19.3 Å². The Morgan fingerprint density at radius 3 is 2.87 bits per heavy atom. The summed E-state index contributed by atoms with van der Waals surface area (Å²) in [5, 5.41) is 7.73. The van der Waals surface area contributed by atoms with E-state index >= 15 is 0 Å². The first-order chi connectivity index (χ1) is 14.5. The Morgan fingerprint density at radius 2 is 2.03 bits per heavy atom. The molecule has 0 fully saturated rings. The van der Waals surface area contributed by atoms with Crippen molar-refractivity contribution in [1.29, 1.82) is 0 Å². The van der Waals surface area contributed by atoms with Crippen molar-refractivity contribution >= 4 is 34.8 Å². The van der Waals surface area contributed by atoms with Gasteiger partial charge in [-0.15, -0.1) is 0 Å². The van der Waals surface area contributed by atoms with Crippen LogP contribution in [0.2, 0.25) is 10.0 Å². The van der Waals surface area contributed by atoms with Gasteiger partial charge in [0.05, 0.1) is 10.7 Å². The van der Waals surface area contributed by atoms with Crippen molar-refractivity contribution in [2.75, 3.05) is 5.32 Å². The molecule has 1 N–H and O–H groups in total. The van der Waals surface area contributed by atoms with E-state index in [9.17, 15) is 9.59 Å². The maximum Gasteiger partial charge on any atom is 0.346 e. The molecular formula is C20H19Cl2N5O3. The average Bonchev–Trinajstić information content (AvgIpc) is 2.88. The van der Waals surface area contributed by atoms with Crippen LogP contribution in [0.4, 0.5) is 5.69 Å². The lowest BCUT2D eigenvalue weighted by molar-refractivity contribution is -0.117. The molecule has 3 heterocycles. The highest BCUT2D eigenvalue weighted by Gasteiger charge is 2.18. The molecule has 0 atom stereocenters. The number of nitrogens with zero attached hydrogens (tertiary/aromatic N) is 4. The van der Waals surface area contributed by atoms with Crippen LogP contribution in [0.5, 0.6) is 11.6 Å². The highest BCUT2D eigenvalue weighted by molar-refractivity contribution is 6.35. The lowest BCUT2D eigenvalue weighted by atomic mass is 10.2. The molecule has 30 heavy (non-hydrogen) atoms. The summed E-state index contributed by atoms with van der Waals surface area (Å²) in [4.78, 5) is 29.2. The Balaban J connectivity index is 1.50. The Hall–Kier alpha value is -2.84. The van der Waals surface area contributed by atoms with Crippen LogP contribution in [-0.2, 0) is 24.3 Å². The summed E-state index contributed by atoms with van der Waals surface area (Å²) < 4.78 is 8.61. The fourth-order valence-corrected chi connectivity index (χ4v) is 3.71. The third kappa shape index (κ3) is 4.49. The number of fused-ring (bicyclic) bond motifs is 1. The van der Waals surface area contributed by atoms with Crippen molar-refractivity contribution in [3.8, 4) is 11.6 Å². The van der Waals surface area contributed by atoms with Crippen LogP contribution in [0.15, 0.2) is 41.3 Å². The van der Waals surface area contributed by atoms with Gasteiger partial charge in [0, 0.05) is 19.2 Å². The molecule has 4 rings (SSSR count). The molecular weight excluding hydrogens is 429 g/mol. The van der Waals surface area contributed by atoms with Crippen LogP contribution in [0.25, 0.3) is 0 Å². The van der Waals surface area contributed by atoms with Gasteiger partial charge in [0.1, 0.15) is 17.4 Å². The van der Waals surface area contributed by atoms with E-state index in [2.05, 4.69) is 15.4 Å². The number of amides is 1. The number of hydrogen-bond acceptors (Lipinski definition) is 5. The predicted octanol–water partition coefficient (Wildman–Crippen LogP) is 3.90. The summed E-state index contributed by atoms with van der Waals surface area (Å²) in [6.07, 6.45) is 5.17. The third-order valence-corrected chi connectivity index (χ3v) is 5.19. The van der Waals surface area contributed by atoms with Gasteiger partial charge < -0.3 is 10.1 Å². The second-order valence-corrected chi connectivity index (χ2v) is 7.75. The third-order valence-electron chi connectivity index (χ3n) is 4.72. The Kier molecular flexibility index (Phi) is 6.06. The number of aromatic nitrogens is 4. The van der Waals surface area contributed by atoms with Gasteiger partial charge in [-0.1, -0.05) is 41.8 Å². The smallest absolute Gasteiger partial charge is 0.346 e. The zero-order valence-corrected chi connectivity index (χ0v) is 17.5. The van der Waals surface area contributed by atoms with Crippen molar-refractivity contribution in [3.05, 3.63) is 62.9 Å². The van der Waals surface area contributed by atoms with E-state index in [1.54, 1.807) is 28.8 Å². The minimum Gasteiger partial charge on any atom is -0.435 e. The van der Waals surface area contributed by atoms with Gasteiger partial charge in [-0.2, -0.15) is 5.10 Å². The van der Waals surface area contributed by atoms with Crippen LogP contribution >= 0.6 is 23.2 Å². The van der Waals surface area contributed by atoms with E-state index in [4.69, 9.17) is 27.9 Å². The summed E-state index contributed by atoms with van der Waals surface area (Å²) >= 11 is 12.0. The fraction of sp³-hybridized carbons (Fsp3) is 0.300. The second-order valence-electron chi connectivity index (χ2n) is 6.91. The van der Waals surface area contributed by atoms with E-state index in [0.717, 1.165) is 31.5 Å². The first-order valence-corrected chi connectivity index (χ1v) is 10.3. The number of pyridine rings is 1. The molecule has 0 unspecified atom stereocenters. The summed E-state index contributed by atoms with van der Waals surface area (Å²) in [5.41, 5.74) is 0.160. The number of anilines is 1. The molecule has 1 aromatic carbocycles. The molecule has 1 aliphatic rings. The molecule has 0 bridgehead atoms. The van der Waals surface area contributed by atoms with Crippen molar-refractivity contribution in [2.45, 2.75) is 38.8 Å². The predicted molar refractivity (Wildman–Crippen MR) is 113 cm³/mol. The Morgan fingerprint density at radius 1 is 1.20 bits per heavy atom. The van der Waals surface area contributed by atoms with Crippen LogP contribution < -0.4 is 15.7 Å². The first kappa shape index (κ1) is 20.4. The number of para-hydroxylation sites is 2. The van der Waals surface area contributed by atoms with Crippen molar-refractivity contribution in [2.24, 2.45) is 0 Å². The molecule has 156 valence electrons. The number of aryl methyl sites for hydroxylation is 1. The van der Waals surface area contributed by atoms with E-state index in [1.807, 2.05) is 0 Å². The lowest BCUT2D eigenvalue weighted by Crippen LogP contribution is -2.30. The van der Waals surface area contributed by atoms with Gasteiger partial charge >= 0.3 is 5.69 Å². The number of carbonyl (C=O) groups is 1. The zero-order valence-electron chi connectivity index (χ0n) is 16.0. The molecule has 8 nitrogen and oxygen atoms in total. The number of halogens is 2. The second kappa shape index (κ2) is 8.89. The molecule has 1 aliphatic heterocycles. The summed E-state index contributed by atoms with van der Waals surface area (Å²) in [7, 11) is 0. The van der Waals surface area contributed by atoms with Gasteiger partial charge in [0.15, 0.2) is 5.75 Å². The Labute approximate surface area is 182 Å². The highest BCUT2D eigenvalue weighted by atomic mass is 35.5. The molecule has 0 radical (unpaired) electrons. The van der Waals surface area contributed by atoms with Crippen LogP contribution in [-0.4, -0.2) is 25.2 Å². The van der Waals surface area contributed by atoms with E-state index in [-0.39, 0.29) is 23.1 Å². The minimum atomic E-state index is -0.392. The monoisotopic (exact) mass is 447 g/mol. The Bertz CT molecular complexity index is 1140. The number of benzene rings is 1. The maximum atomic E-state index is 12.6. The average molecular weight is 448 g/mol. The van der Waals surface area contributed by atoms with Gasteiger partial charge in [0.2, 0.25) is 11.8 Å².